The molecule has 1 saturated heterocycles. The molecule has 7 heteroatoms. The molecule has 1 aromatic carbocycles. The minimum Gasteiger partial charge on any atom is -0.485 e. The molecule has 2 aliphatic heterocycles. The number of nitrogens with zero attached hydrogens (tertiary/aromatic N) is 4. The van der Waals surface area contributed by atoms with Gasteiger partial charge in [0.15, 0.2) is 17.1 Å². The summed E-state index contributed by atoms with van der Waals surface area (Å²) < 4.78 is 13.6. The SMILES string of the molecule is O=C([C@H]1COc2ccccc2O1)N1CCC[C@H](c2nnc3ccccn23)C1. The van der Waals surface area contributed by atoms with Crippen LogP contribution in [-0.2, 0) is 4.79 Å². The number of rotatable bonds is 2. The van der Waals surface area contributed by atoms with Gasteiger partial charge in [0.2, 0.25) is 6.10 Å². The van der Waals surface area contributed by atoms with Crippen molar-refractivity contribution in [3.05, 3.63) is 54.5 Å². The smallest absolute Gasteiger partial charge is 0.267 e. The predicted octanol–water partition coefficient (Wildman–Crippen LogP) is 2.28. The van der Waals surface area contributed by atoms with Crippen LogP contribution in [0, 0.1) is 0 Å². The standard InChI is InChI=1S/C20H20N4O3/c25-20(17-13-26-15-7-1-2-8-16(15)27-17)23-10-5-6-14(12-23)19-22-21-18-9-3-4-11-24(18)19/h1-4,7-9,11,14,17H,5-6,10,12-13H2/t14-,17+/m0/s1. The molecule has 0 spiro atoms. The summed E-state index contributed by atoms with van der Waals surface area (Å²) in [4.78, 5) is 14.9. The van der Waals surface area contributed by atoms with Crippen LogP contribution in [0.2, 0.25) is 0 Å². The number of benzene rings is 1. The molecule has 0 saturated carbocycles. The maximum Gasteiger partial charge on any atom is 0.267 e. The summed E-state index contributed by atoms with van der Waals surface area (Å²) in [6.45, 7) is 1.59. The van der Waals surface area contributed by atoms with Gasteiger partial charge in [-0.05, 0) is 37.1 Å². The number of para-hydroxylation sites is 2. The van der Waals surface area contributed by atoms with Gasteiger partial charge in [-0.15, -0.1) is 10.2 Å². The van der Waals surface area contributed by atoms with Crippen molar-refractivity contribution >= 4 is 11.6 Å². The number of hydrogen-bond acceptors (Lipinski definition) is 5. The Morgan fingerprint density at radius 3 is 2.85 bits per heavy atom. The van der Waals surface area contributed by atoms with Crippen LogP contribution in [0.1, 0.15) is 24.6 Å². The average molecular weight is 364 g/mol. The Hall–Kier alpha value is -3.09. The number of hydrogen-bond donors (Lipinski definition) is 0. The van der Waals surface area contributed by atoms with E-state index in [-0.39, 0.29) is 18.4 Å². The molecule has 0 unspecified atom stereocenters. The second-order valence-electron chi connectivity index (χ2n) is 6.97. The molecular formula is C20H20N4O3. The number of aromatic nitrogens is 3. The zero-order valence-corrected chi connectivity index (χ0v) is 14.8. The summed E-state index contributed by atoms with van der Waals surface area (Å²) in [7, 11) is 0. The van der Waals surface area contributed by atoms with Crippen molar-refractivity contribution in [2.75, 3.05) is 19.7 Å². The van der Waals surface area contributed by atoms with Gasteiger partial charge in [-0.2, -0.15) is 0 Å². The largest absolute Gasteiger partial charge is 0.485 e. The van der Waals surface area contributed by atoms with E-state index >= 15 is 0 Å². The van der Waals surface area contributed by atoms with Gasteiger partial charge >= 0.3 is 0 Å². The molecule has 4 heterocycles. The van der Waals surface area contributed by atoms with Gasteiger partial charge in [0.25, 0.3) is 5.91 Å². The quantitative estimate of drug-likeness (QED) is 0.698. The fraction of sp³-hybridized carbons (Fsp3) is 0.350. The third-order valence-corrected chi connectivity index (χ3v) is 5.22. The van der Waals surface area contributed by atoms with E-state index in [9.17, 15) is 4.79 Å². The summed E-state index contributed by atoms with van der Waals surface area (Å²) in [5.74, 6) is 2.36. The van der Waals surface area contributed by atoms with E-state index in [1.165, 1.54) is 0 Å². The van der Waals surface area contributed by atoms with Crippen LogP contribution >= 0.6 is 0 Å². The maximum atomic E-state index is 13.0. The summed E-state index contributed by atoms with van der Waals surface area (Å²) in [6, 6.07) is 13.3. The Kier molecular flexibility index (Phi) is 3.92. The summed E-state index contributed by atoms with van der Waals surface area (Å²) in [5.41, 5.74) is 0.830. The second kappa shape index (κ2) is 6.57. The van der Waals surface area contributed by atoms with Crippen molar-refractivity contribution in [2.45, 2.75) is 24.9 Å². The number of ether oxygens (including phenoxy) is 2. The molecule has 1 fully saturated rings. The van der Waals surface area contributed by atoms with Crippen LogP contribution in [0.15, 0.2) is 48.7 Å². The van der Waals surface area contributed by atoms with Crippen LogP contribution in [0.3, 0.4) is 0 Å². The molecule has 27 heavy (non-hydrogen) atoms. The highest BCUT2D eigenvalue weighted by Crippen LogP contribution is 2.32. The Balaban J connectivity index is 1.33. The van der Waals surface area contributed by atoms with Crippen LogP contribution in [0.25, 0.3) is 5.65 Å². The highest BCUT2D eigenvalue weighted by atomic mass is 16.6. The average Bonchev–Trinajstić information content (AvgIpc) is 3.17. The fourth-order valence-corrected chi connectivity index (χ4v) is 3.87. The van der Waals surface area contributed by atoms with E-state index in [1.54, 1.807) is 0 Å². The lowest BCUT2D eigenvalue weighted by Crippen LogP contribution is -2.49. The molecular weight excluding hydrogens is 344 g/mol. The first-order valence-electron chi connectivity index (χ1n) is 9.26. The predicted molar refractivity (Wildman–Crippen MR) is 97.9 cm³/mol. The van der Waals surface area contributed by atoms with E-state index in [0.717, 1.165) is 30.9 Å². The molecule has 3 aromatic rings. The Bertz CT molecular complexity index is 986. The van der Waals surface area contributed by atoms with Crippen LogP contribution in [-0.4, -0.2) is 51.2 Å². The van der Waals surface area contributed by atoms with E-state index in [1.807, 2.05) is 58.0 Å². The van der Waals surface area contributed by atoms with Crippen molar-refractivity contribution in [1.29, 1.82) is 0 Å². The lowest BCUT2D eigenvalue weighted by Gasteiger charge is -2.35. The number of amides is 1. The fourth-order valence-electron chi connectivity index (χ4n) is 3.87. The Labute approximate surface area is 156 Å². The topological polar surface area (TPSA) is 69.0 Å². The number of carbonyl (C=O) groups is 1. The zero-order valence-electron chi connectivity index (χ0n) is 14.8. The number of fused-ring (bicyclic) bond motifs is 2. The summed E-state index contributed by atoms with van der Waals surface area (Å²) in [6.07, 6.45) is 3.29. The Morgan fingerprint density at radius 2 is 1.93 bits per heavy atom. The lowest BCUT2D eigenvalue weighted by molar-refractivity contribution is -0.142. The highest BCUT2D eigenvalue weighted by Gasteiger charge is 2.34. The van der Waals surface area contributed by atoms with E-state index in [0.29, 0.717) is 18.0 Å². The van der Waals surface area contributed by atoms with Gasteiger partial charge in [0.1, 0.15) is 12.4 Å². The second-order valence-corrected chi connectivity index (χ2v) is 6.97. The van der Waals surface area contributed by atoms with Crippen LogP contribution in [0.4, 0.5) is 0 Å². The maximum absolute atomic E-state index is 13.0. The van der Waals surface area contributed by atoms with Crippen molar-refractivity contribution in [3.63, 3.8) is 0 Å². The van der Waals surface area contributed by atoms with Gasteiger partial charge in [-0.1, -0.05) is 18.2 Å². The first kappa shape index (κ1) is 16.1. The molecule has 0 N–H and O–H groups in total. The molecule has 138 valence electrons. The number of pyridine rings is 1. The first-order chi connectivity index (χ1) is 13.3. The van der Waals surface area contributed by atoms with Crippen molar-refractivity contribution in [2.24, 2.45) is 0 Å². The van der Waals surface area contributed by atoms with Gasteiger partial charge in [-0.3, -0.25) is 9.20 Å². The lowest BCUT2D eigenvalue weighted by atomic mass is 9.96. The zero-order chi connectivity index (χ0) is 18.2. The molecule has 0 radical (unpaired) electrons. The summed E-state index contributed by atoms with van der Waals surface area (Å²) >= 11 is 0. The van der Waals surface area contributed by atoms with Gasteiger partial charge in [-0.25, -0.2) is 0 Å². The monoisotopic (exact) mass is 364 g/mol. The molecule has 2 aliphatic rings. The van der Waals surface area contributed by atoms with E-state index in [4.69, 9.17) is 9.47 Å². The molecule has 1 amide bonds. The first-order valence-corrected chi connectivity index (χ1v) is 9.26. The van der Waals surface area contributed by atoms with Crippen molar-refractivity contribution in [3.8, 4) is 11.5 Å². The van der Waals surface area contributed by atoms with Gasteiger partial charge < -0.3 is 14.4 Å². The molecule has 0 aliphatic carbocycles. The normalized spacial score (nSPS) is 22.0. The van der Waals surface area contributed by atoms with Crippen LogP contribution in [0.5, 0.6) is 11.5 Å². The van der Waals surface area contributed by atoms with E-state index < -0.39 is 6.10 Å². The minimum atomic E-state index is -0.603. The number of carbonyl (C=O) groups excluding carboxylic acids is 1. The third kappa shape index (κ3) is 2.89. The molecule has 0 bridgehead atoms. The molecule has 5 rings (SSSR count). The van der Waals surface area contributed by atoms with Gasteiger partial charge in [0.05, 0.1) is 0 Å². The minimum absolute atomic E-state index is 0.0250. The highest BCUT2D eigenvalue weighted by molar-refractivity contribution is 5.82. The van der Waals surface area contributed by atoms with Crippen molar-refractivity contribution in [1.82, 2.24) is 19.5 Å². The van der Waals surface area contributed by atoms with Gasteiger partial charge in [0, 0.05) is 25.2 Å². The summed E-state index contributed by atoms with van der Waals surface area (Å²) in [5, 5.41) is 8.62. The number of likely N-dealkylation sites (tertiary alicyclic amines) is 1. The molecule has 7 nitrogen and oxygen atoms in total. The Morgan fingerprint density at radius 1 is 1.07 bits per heavy atom. The molecule has 2 atom stereocenters. The van der Waals surface area contributed by atoms with Crippen LogP contribution < -0.4 is 9.47 Å². The number of piperidine rings is 1. The van der Waals surface area contributed by atoms with E-state index in [2.05, 4.69) is 10.2 Å². The third-order valence-electron chi connectivity index (χ3n) is 5.22. The van der Waals surface area contributed by atoms with Crippen molar-refractivity contribution < 1.29 is 14.3 Å². The molecule has 2 aromatic heterocycles.